The summed E-state index contributed by atoms with van der Waals surface area (Å²) in [7, 11) is 0. The molecule has 0 atom stereocenters. The lowest BCUT2D eigenvalue weighted by atomic mass is 9.36. The number of rotatable bonds is 1. The quantitative estimate of drug-likeness (QED) is 0.558. The van der Waals surface area contributed by atoms with Gasteiger partial charge in [0.05, 0.1) is 0 Å². The molecule has 0 saturated heterocycles. The van der Waals surface area contributed by atoms with Crippen molar-refractivity contribution < 1.29 is 0 Å². The highest BCUT2D eigenvalue weighted by Crippen LogP contribution is 2.66. The standard InChI is InChI=1S/C8H15N/c1-4-7-5(2)8(4)6(7)3-9/h4-8H,3,9H2,1-2H3. The minimum atomic E-state index is 0.912. The van der Waals surface area contributed by atoms with Gasteiger partial charge in [0, 0.05) is 0 Å². The summed E-state index contributed by atoms with van der Waals surface area (Å²) in [6, 6.07) is 0. The SMILES string of the molecule is CC1C2C(C)C1C2CN. The molecule has 0 aromatic rings. The Morgan fingerprint density at radius 2 is 1.56 bits per heavy atom. The van der Waals surface area contributed by atoms with E-state index in [0.29, 0.717) is 0 Å². The van der Waals surface area contributed by atoms with Gasteiger partial charge in [-0.2, -0.15) is 0 Å². The molecule has 0 spiro atoms. The summed E-state index contributed by atoms with van der Waals surface area (Å²) in [5.41, 5.74) is 5.58. The van der Waals surface area contributed by atoms with E-state index in [4.69, 9.17) is 5.73 Å². The van der Waals surface area contributed by atoms with Crippen LogP contribution in [0.3, 0.4) is 0 Å². The molecule has 2 bridgehead atoms. The van der Waals surface area contributed by atoms with Gasteiger partial charge >= 0.3 is 0 Å². The van der Waals surface area contributed by atoms with Gasteiger partial charge in [-0.25, -0.2) is 0 Å². The minimum Gasteiger partial charge on any atom is -0.330 e. The second-order valence-electron chi connectivity index (χ2n) is 3.77. The fourth-order valence-corrected chi connectivity index (χ4v) is 3.16. The van der Waals surface area contributed by atoms with Crippen molar-refractivity contribution in [1.29, 1.82) is 0 Å². The summed E-state index contributed by atoms with van der Waals surface area (Å²) in [6.45, 7) is 5.66. The van der Waals surface area contributed by atoms with Crippen LogP contribution in [0.25, 0.3) is 0 Å². The predicted octanol–water partition coefficient (Wildman–Crippen LogP) is 1.09. The van der Waals surface area contributed by atoms with E-state index in [1.807, 2.05) is 0 Å². The first-order chi connectivity index (χ1) is 4.27. The van der Waals surface area contributed by atoms with Gasteiger partial charge in [-0.15, -0.1) is 0 Å². The van der Waals surface area contributed by atoms with E-state index < -0.39 is 0 Å². The van der Waals surface area contributed by atoms with E-state index in [1.165, 1.54) is 0 Å². The van der Waals surface area contributed by atoms with Gasteiger partial charge in [-0.3, -0.25) is 0 Å². The number of nitrogens with two attached hydrogens (primary N) is 1. The molecule has 0 unspecified atom stereocenters. The summed E-state index contributed by atoms with van der Waals surface area (Å²) < 4.78 is 0. The van der Waals surface area contributed by atoms with Gasteiger partial charge in [0.15, 0.2) is 0 Å². The van der Waals surface area contributed by atoms with Crippen molar-refractivity contribution in [1.82, 2.24) is 0 Å². The van der Waals surface area contributed by atoms with E-state index in [1.54, 1.807) is 0 Å². The highest BCUT2D eigenvalue weighted by atomic mass is 14.7. The Balaban J connectivity index is 1.99. The van der Waals surface area contributed by atoms with Gasteiger partial charge in [0.2, 0.25) is 0 Å². The Bertz CT molecular complexity index is 111. The fourth-order valence-electron chi connectivity index (χ4n) is 3.16. The highest BCUT2D eigenvalue weighted by molar-refractivity contribution is 5.11. The Hall–Kier alpha value is -0.0400. The molecule has 3 saturated carbocycles. The second kappa shape index (κ2) is 1.51. The average Bonchev–Trinajstić information content (AvgIpc) is 1.79. The summed E-state index contributed by atoms with van der Waals surface area (Å²) in [4.78, 5) is 0. The molecular weight excluding hydrogens is 110 g/mol. The maximum absolute atomic E-state index is 5.58. The van der Waals surface area contributed by atoms with E-state index in [2.05, 4.69) is 13.8 Å². The van der Waals surface area contributed by atoms with Crippen molar-refractivity contribution >= 4 is 0 Å². The van der Waals surface area contributed by atoms with Crippen LogP contribution in [0.5, 0.6) is 0 Å². The molecule has 52 valence electrons. The van der Waals surface area contributed by atoms with Gasteiger partial charge in [0.1, 0.15) is 0 Å². The van der Waals surface area contributed by atoms with Crippen LogP contribution in [0.2, 0.25) is 0 Å². The van der Waals surface area contributed by atoms with Crippen LogP contribution in [-0.4, -0.2) is 6.54 Å². The molecule has 3 aliphatic rings. The Kier molecular flexibility index (Phi) is 0.963. The van der Waals surface area contributed by atoms with E-state index >= 15 is 0 Å². The Morgan fingerprint density at radius 1 is 1.11 bits per heavy atom. The van der Waals surface area contributed by atoms with E-state index in [-0.39, 0.29) is 0 Å². The first kappa shape index (κ1) is 5.72. The van der Waals surface area contributed by atoms with Crippen LogP contribution < -0.4 is 5.73 Å². The third-order valence-electron chi connectivity index (χ3n) is 3.69. The molecule has 3 fully saturated rings. The summed E-state index contributed by atoms with van der Waals surface area (Å²) in [5.74, 6) is 4.93. The van der Waals surface area contributed by atoms with Crippen molar-refractivity contribution in [2.45, 2.75) is 13.8 Å². The zero-order valence-corrected chi connectivity index (χ0v) is 6.17. The van der Waals surface area contributed by atoms with Crippen molar-refractivity contribution in [3.63, 3.8) is 0 Å². The largest absolute Gasteiger partial charge is 0.330 e. The molecule has 1 nitrogen and oxygen atoms in total. The van der Waals surface area contributed by atoms with Gasteiger partial charge in [0.25, 0.3) is 0 Å². The lowest BCUT2D eigenvalue weighted by Crippen LogP contribution is -2.67. The van der Waals surface area contributed by atoms with Crippen molar-refractivity contribution in [2.75, 3.05) is 6.54 Å². The van der Waals surface area contributed by atoms with E-state index in [9.17, 15) is 0 Å². The zero-order valence-electron chi connectivity index (χ0n) is 6.17. The van der Waals surface area contributed by atoms with Gasteiger partial charge in [-0.1, -0.05) is 13.8 Å². The average molecular weight is 125 g/mol. The monoisotopic (exact) mass is 125 g/mol. The predicted molar refractivity (Wildman–Crippen MR) is 37.9 cm³/mol. The minimum absolute atomic E-state index is 0.912. The smallest absolute Gasteiger partial charge is 0.00432 e. The molecule has 3 rings (SSSR count). The van der Waals surface area contributed by atoms with Crippen LogP contribution in [0.1, 0.15) is 13.8 Å². The number of hydrogen-bond acceptors (Lipinski definition) is 1. The molecule has 0 aromatic carbocycles. The molecule has 0 heterocycles. The molecule has 9 heavy (non-hydrogen) atoms. The molecule has 0 amide bonds. The third kappa shape index (κ3) is 0.420. The molecular formula is C8H15N. The van der Waals surface area contributed by atoms with Crippen LogP contribution in [0.4, 0.5) is 0 Å². The molecule has 1 heteroatoms. The maximum atomic E-state index is 5.58. The van der Waals surface area contributed by atoms with Gasteiger partial charge < -0.3 is 5.73 Å². The third-order valence-corrected chi connectivity index (χ3v) is 3.69. The van der Waals surface area contributed by atoms with Crippen molar-refractivity contribution in [2.24, 2.45) is 35.3 Å². The van der Waals surface area contributed by atoms with E-state index in [0.717, 1.165) is 36.1 Å². The molecule has 0 radical (unpaired) electrons. The molecule has 2 N–H and O–H groups in total. The Labute approximate surface area is 56.6 Å². The van der Waals surface area contributed by atoms with Crippen LogP contribution in [-0.2, 0) is 0 Å². The first-order valence-corrected chi connectivity index (χ1v) is 3.97. The maximum Gasteiger partial charge on any atom is -0.00432 e. The lowest BCUT2D eigenvalue weighted by molar-refractivity contribution is -0.210. The normalized spacial score (nSPS) is 62.3. The topological polar surface area (TPSA) is 26.0 Å². The van der Waals surface area contributed by atoms with Crippen LogP contribution in [0, 0.1) is 29.6 Å². The van der Waals surface area contributed by atoms with Gasteiger partial charge in [-0.05, 0) is 36.1 Å². The van der Waals surface area contributed by atoms with Crippen molar-refractivity contribution in [3.8, 4) is 0 Å². The first-order valence-electron chi connectivity index (χ1n) is 3.97. The van der Waals surface area contributed by atoms with Crippen LogP contribution >= 0.6 is 0 Å². The van der Waals surface area contributed by atoms with Crippen molar-refractivity contribution in [3.05, 3.63) is 0 Å². The Morgan fingerprint density at radius 3 is 1.67 bits per heavy atom. The summed E-state index contributed by atoms with van der Waals surface area (Å²) in [5, 5.41) is 0. The lowest BCUT2D eigenvalue weighted by Gasteiger charge is -2.69. The number of hydrogen-bond donors (Lipinski definition) is 1. The fraction of sp³-hybridized carbons (Fsp3) is 1.00. The van der Waals surface area contributed by atoms with Crippen LogP contribution in [0.15, 0.2) is 0 Å². The summed E-state index contributed by atoms with van der Waals surface area (Å²) in [6.07, 6.45) is 0. The summed E-state index contributed by atoms with van der Waals surface area (Å²) >= 11 is 0. The molecule has 3 aliphatic carbocycles. The molecule has 0 aliphatic heterocycles. The zero-order chi connectivity index (χ0) is 6.59. The second-order valence-corrected chi connectivity index (χ2v) is 3.77. The molecule has 0 aromatic heterocycles. The highest BCUT2D eigenvalue weighted by Gasteiger charge is 2.63.